The van der Waals surface area contributed by atoms with Crippen LogP contribution in [0, 0.1) is 0 Å². The molecular weight excluding hydrogens is 336 g/mol. The van der Waals surface area contributed by atoms with Gasteiger partial charge in [-0.2, -0.15) is 0 Å². The van der Waals surface area contributed by atoms with Crippen molar-refractivity contribution in [3.63, 3.8) is 0 Å². The maximum atomic E-state index is 12.8. The Labute approximate surface area is 156 Å². The molecule has 0 aliphatic carbocycles. The normalized spacial score (nSPS) is 24.6. The van der Waals surface area contributed by atoms with Gasteiger partial charge in [-0.15, -0.1) is 12.4 Å². The lowest BCUT2D eigenvalue weighted by atomic mass is 10.0. The molecule has 1 N–H and O–H groups in total. The highest BCUT2D eigenvalue weighted by molar-refractivity contribution is 5.95. The highest BCUT2D eigenvalue weighted by atomic mass is 35.5. The number of fused-ring (bicyclic) bond motifs is 1. The molecule has 0 radical (unpaired) electrons. The lowest BCUT2D eigenvalue weighted by Crippen LogP contribution is -2.53. The van der Waals surface area contributed by atoms with Gasteiger partial charge in [0.05, 0.1) is 6.54 Å². The van der Waals surface area contributed by atoms with Crippen LogP contribution in [0.5, 0.6) is 0 Å². The molecule has 3 aliphatic rings. The van der Waals surface area contributed by atoms with Crippen LogP contribution in [0.1, 0.15) is 18.4 Å². The first kappa shape index (κ1) is 18.6. The number of amides is 1. The van der Waals surface area contributed by atoms with Gasteiger partial charge in [-0.3, -0.25) is 14.6 Å². The number of benzene rings is 1. The second kappa shape index (κ2) is 8.49. The SMILES string of the molecule is Cl.O=C(CN1CCN(C2CCNC2)CC1)N1CCCc2ccccc21. The van der Waals surface area contributed by atoms with E-state index < -0.39 is 0 Å². The van der Waals surface area contributed by atoms with Gasteiger partial charge in [-0.05, 0) is 37.4 Å². The van der Waals surface area contributed by atoms with Crippen LogP contribution in [0.15, 0.2) is 24.3 Å². The maximum absolute atomic E-state index is 12.8. The van der Waals surface area contributed by atoms with Crippen molar-refractivity contribution < 1.29 is 4.79 Å². The molecule has 4 rings (SSSR count). The summed E-state index contributed by atoms with van der Waals surface area (Å²) in [4.78, 5) is 19.8. The molecule has 1 amide bonds. The zero-order valence-electron chi connectivity index (χ0n) is 14.8. The number of para-hydroxylation sites is 1. The van der Waals surface area contributed by atoms with Crippen LogP contribution in [0.4, 0.5) is 5.69 Å². The molecule has 1 unspecified atom stereocenters. The van der Waals surface area contributed by atoms with Crippen LogP contribution < -0.4 is 10.2 Å². The van der Waals surface area contributed by atoms with Crippen molar-refractivity contribution in [1.29, 1.82) is 0 Å². The molecule has 3 aliphatic heterocycles. The summed E-state index contributed by atoms with van der Waals surface area (Å²) in [6.45, 7) is 7.91. The number of hydrogen-bond acceptors (Lipinski definition) is 4. The third-order valence-corrected chi connectivity index (χ3v) is 5.73. The average molecular weight is 365 g/mol. The maximum Gasteiger partial charge on any atom is 0.241 e. The topological polar surface area (TPSA) is 38.8 Å². The molecule has 0 bridgehead atoms. The lowest BCUT2D eigenvalue weighted by molar-refractivity contribution is -0.120. The van der Waals surface area contributed by atoms with E-state index in [-0.39, 0.29) is 18.3 Å². The molecule has 3 heterocycles. The van der Waals surface area contributed by atoms with E-state index in [9.17, 15) is 4.79 Å². The van der Waals surface area contributed by atoms with E-state index in [2.05, 4.69) is 33.3 Å². The van der Waals surface area contributed by atoms with Gasteiger partial charge in [0.15, 0.2) is 0 Å². The summed E-state index contributed by atoms with van der Waals surface area (Å²) in [5.74, 6) is 0.262. The van der Waals surface area contributed by atoms with E-state index in [0.717, 1.165) is 64.3 Å². The first-order valence-electron chi connectivity index (χ1n) is 9.36. The number of aryl methyl sites for hydroxylation is 1. The lowest BCUT2D eigenvalue weighted by Gasteiger charge is -2.38. The Morgan fingerprint density at radius 2 is 1.92 bits per heavy atom. The molecule has 0 saturated carbocycles. The summed E-state index contributed by atoms with van der Waals surface area (Å²) in [5, 5.41) is 3.45. The summed E-state index contributed by atoms with van der Waals surface area (Å²) < 4.78 is 0. The van der Waals surface area contributed by atoms with Crippen molar-refractivity contribution in [1.82, 2.24) is 15.1 Å². The van der Waals surface area contributed by atoms with Gasteiger partial charge in [0, 0.05) is 51.0 Å². The van der Waals surface area contributed by atoms with Gasteiger partial charge in [0.1, 0.15) is 0 Å². The van der Waals surface area contributed by atoms with Gasteiger partial charge >= 0.3 is 0 Å². The number of nitrogens with one attached hydrogen (secondary N) is 1. The van der Waals surface area contributed by atoms with Crippen LogP contribution >= 0.6 is 12.4 Å². The highest BCUT2D eigenvalue weighted by Gasteiger charge is 2.28. The van der Waals surface area contributed by atoms with Gasteiger partial charge in [0.25, 0.3) is 0 Å². The van der Waals surface area contributed by atoms with E-state index >= 15 is 0 Å². The fourth-order valence-corrected chi connectivity index (χ4v) is 4.31. The Balaban J connectivity index is 0.00000182. The Morgan fingerprint density at radius 1 is 1.12 bits per heavy atom. The van der Waals surface area contributed by atoms with E-state index in [0.29, 0.717) is 12.6 Å². The molecule has 6 heteroatoms. The van der Waals surface area contributed by atoms with Crippen molar-refractivity contribution in [3.8, 4) is 0 Å². The number of nitrogens with zero attached hydrogens (tertiary/aromatic N) is 3. The van der Waals surface area contributed by atoms with E-state index in [1.54, 1.807) is 0 Å². The second-order valence-electron chi connectivity index (χ2n) is 7.24. The molecule has 1 aromatic carbocycles. The molecule has 138 valence electrons. The zero-order valence-corrected chi connectivity index (χ0v) is 15.6. The first-order chi connectivity index (χ1) is 11.8. The molecule has 1 aromatic rings. The third kappa shape index (κ3) is 4.17. The van der Waals surface area contributed by atoms with Crippen LogP contribution in [0.25, 0.3) is 0 Å². The number of piperazine rings is 1. The molecule has 2 fully saturated rings. The molecule has 0 aromatic heterocycles. The molecule has 25 heavy (non-hydrogen) atoms. The molecule has 2 saturated heterocycles. The molecule has 0 spiro atoms. The van der Waals surface area contributed by atoms with Crippen molar-refractivity contribution in [2.24, 2.45) is 0 Å². The van der Waals surface area contributed by atoms with E-state index in [4.69, 9.17) is 0 Å². The largest absolute Gasteiger partial charge is 0.315 e. The van der Waals surface area contributed by atoms with Crippen molar-refractivity contribution in [2.45, 2.75) is 25.3 Å². The summed E-state index contributed by atoms with van der Waals surface area (Å²) in [6, 6.07) is 9.07. The van der Waals surface area contributed by atoms with Crippen molar-refractivity contribution >= 4 is 24.0 Å². The number of rotatable bonds is 3. The Hall–Kier alpha value is -1.14. The van der Waals surface area contributed by atoms with Crippen LogP contribution in [-0.4, -0.2) is 74.1 Å². The minimum atomic E-state index is 0. The van der Waals surface area contributed by atoms with Gasteiger partial charge in [-0.1, -0.05) is 18.2 Å². The minimum Gasteiger partial charge on any atom is -0.315 e. The zero-order chi connectivity index (χ0) is 16.4. The molecular formula is C19H29ClN4O. The van der Waals surface area contributed by atoms with Gasteiger partial charge < -0.3 is 10.2 Å². The second-order valence-corrected chi connectivity index (χ2v) is 7.24. The third-order valence-electron chi connectivity index (χ3n) is 5.73. The van der Waals surface area contributed by atoms with Gasteiger partial charge in [-0.25, -0.2) is 0 Å². The fourth-order valence-electron chi connectivity index (χ4n) is 4.31. The molecule has 5 nitrogen and oxygen atoms in total. The van der Waals surface area contributed by atoms with Crippen molar-refractivity contribution in [2.75, 3.05) is 57.3 Å². The fraction of sp³-hybridized carbons (Fsp3) is 0.632. The predicted octanol–water partition coefficient (Wildman–Crippen LogP) is 1.37. The Kier molecular flexibility index (Phi) is 6.34. The van der Waals surface area contributed by atoms with E-state index in [1.165, 1.54) is 12.0 Å². The summed E-state index contributed by atoms with van der Waals surface area (Å²) in [7, 11) is 0. The Morgan fingerprint density at radius 3 is 2.68 bits per heavy atom. The minimum absolute atomic E-state index is 0. The quantitative estimate of drug-likeness (QED) is 0.879. The molecule has 1 atom stereocenters. The number of carbonyl (C=O) groups excluding carboxylic acids is 1. The van der Waals surface area contributed by atoms with Gasteiger partial charge in [0.2, 0.25) is 5.91 Å². The summed E-state index contributed by atoms with van der Waals surface area (Å²) in [5.41, 5.74) is 2.44. The Bertz CT molecular complexity index is 583. The predicted molar refractivity (Wildman–Crippen MR) is 104 cm³/mol. The van der Waals surface area contributed by atoms with Crippen LogP contribution in [-0.2, 0) is 11.2 Å². The first-order valence-corrected chi connectivity index (χ1v) is 9.36. The summed E-state index contributed by atoms with van der Waals surface area (Å²) in [6.07, 6.45) is 3.43. The average Bonchev–Trinajstić information content (AvgIpc) is 3.16. The summed E-state index contributed by atoms with van der Waals surface area (Å²) >= 11 is 0. The number of anilines is 1. The highest BCUT2D eigenvalue weighted by Crippen LogP contribution is 2.26. The van der Waals surface area contributed by atoms with Crippen LogP contribution in [0.2, 0.25) is 0 Å². The number of hydrogen-bond donors (Lipinski definition) is 1. The number of carbonyl (C=O) groups is 1. The standard InChI is InChI=1S/C19H28N4O.ClH/c24-19(23-9-3-5-16-4-1-2-6-18(16)23)15-21-10-12-22(13-11-21)17-7-8-20-14-17;/h1-2,4,6,17,20H,3,5,7-15H2;1H. The van der Waals surface area contributed by atoms with E-state index in [1.807, 2.05) is 11.0 Å². The monoisotopic (exact) mass is 364 g/mol. The van der Waals surface area contributed by atoms with Crippen LogP contribution in [0.3, 0.4) is 0 Å². The number of halogens is 1. The smallest absolute Gasteiger partial charge is 0.241 e. The van der Waals surface area contributed by atoms with Crippen molar-refractivity contribution in [3.05, 3.63) is 29.8 Å².